The fourth-order valence-electron chi connectivity index (χ4n) is 4.09. The quantitative estimate of drug-likeness (QED) is 0.191. The lowest BCUT2D eigenvalue weighted by molar-refractivity contribution is 0.374. The van der Waals surface area contributed by atoms with Crippen LogP contribution in [0.2, 0.25) is 0 Å². The summed E-state index contributed by atoms with van der Waals surface area (Å²) in [6.07, 6.45) is 28.5. The van der Waals surface area contributed by atoms with E-state index in [0.29, 0.717) is 0 Å². The van der Waals surface area contributed by atoms with Crippen molar-refractivity contribution >= 4 is 0 Å². The molecule has 0 N–H and O–H groups in total. The van der Waals surface area contributed by atoms with Gasteiger partial charge in [0.15, 0.2) is 0 Å². The molecule has 2 unspecified atom stereocenters. The van der Waals surface area contributed by atoms with Crippen LogP contribution in [0.3, 0.4) is 0 Å². The van der Waals surface area contributed by atoms with Crippen molar-refractivity contribution in [3.05, 3.63) is 6.42 Å². The molecule has 0 aliphatic heterocycles. The molecule has 0 heterocycles. The molecule has 0 aliphatic carbocycles. The van der Waals surface area contributed by atoms with Gasteiger partial charge in [0.1, 0.15) is 0 Å². The van der Waals surface area contributed by atoms with Crippen molar-refractivity contribution < 1.29 is 0 Å². The zero-order valence-corrected chi connectivity index (χ0v) is 18.5. The summed E-state index contributed by atoms with van der Waals surface area (Å²) in [4.78, 5) is 0. The Kier molecular flexibility index (Phi) is 20.3. The number of hydrogen-bond donors (Lipinski definition) is 0. The predicted molar refractivity (Wildman–Crippen MR) is 117 cm³/mol. The smallest absolute Gasteiger partial charge is 0.0324 e. The molecule has 0 saturated carbocycles. The van der Waals surface area contributed by atoms with E-state index in [9.17, 15) is 0 Å². The second-order valence-electron chi connectivity index (χ2n) is 8.40. The average molecular weight is 352 g/mol. The van der Waals surface area contributed by atoms with Crippen LogP contribution in [0.15, 0.2) is 0 Å². The van der Waals surface area contributed by atoms with Crippen molar-refractivity contribution in [2.45, 2.75) is 143 Å². The maximum atomic E-state index is 2.81. The van der Waals surface area contributed by atoms with E-state index < -0.39 is 0 Å². The first kappa shape index (κ1) is 25.0. The predicted octanol–water partition coefficient (Wildman–Crippen LogP) is 9.52. The highest BCUT2D eigenvalue weighted by Gasteiger charge is 2.16. The molecular formula is C25H51. The van der Waals surface area contributed by atoms with Crippen molar-refractivity contribution in [2.75, 3.05) is 0 Å². The lowest BCUT2D eigenvalue weighted by atomic mass is 9.82. The molecule has 0 aliphatic rings. The molecule has 0 bridgehead atoms. The Morgan fingerprint density at radius 1 is 0.400 bits per heavy atom. The van der Waals surface area contributed by atoms with Crippen LogP contribution in [-0.2, 0) is 0 Å². The summed E-state index contributed by atoms with van der Waals surface area (Å²) in [6, 6.07) is 0. The molecule has 1 radical (unpaired) electrons. The normalized spacial score (nSPS) is 13.9. The highest BCUT2D eigenvalue weighted by Crippen LogP contribution is 2.29. The molecule has 0 rings (SSSR count). The second kappa shape index (κ2) is 20.3. The van der Waals surface area contributed by atoms with Crippen LogP contribution in [0, 0.1) is 18.3 Å². The molecule has 0 saturated heterocycles. The van der Waals surface area contributed by atoms with E-state index in [2.05, 4.69) is 34.1 Å². The third-order valence-electron chi connectivity index (χ3n) is 5.74. The minimum Gasteiger partial charge on any atom is -0.0654 e. The first-order chi connectivity index (χ1) is 12.3. The maximum absolute atomic E-state index is 2.81. The molecule has 2 atom stereocenters. The number of unbranched alkanes of at least 4 members (excludes halogenated alkanes) is 10. The van der Waals surface area contributed by atoms with Gasteiger partial charge in [0.25, 0.3) is 0 Å². The molecule has 0 fully saturated rings. The van der Waals surface area contributed by atoms with Gasteiger partial charge in [-0.25, -0.2) is 0 Å². The molecule has 0 nitrogen and oxygen atoms in total. The van der Waals surface area contributed by atoms with Gasteiger partial charge in [0, 0.05) is 0 Å². The molecule has 0 aromatic rings. The lowest BCUT2D eigenvalue weighted by Crippen LogP contribution is -2.11. The third-order valence-corrected chi connectivity index (χ3v) is 5.74. The van der Waals surface area contributed by atoms with Crippen molar-refractivity contribution in [3.63, 3.8) is 0 Å². The summed E-state index contributed by atoms with van der Waals surface area (Å²) < 4.78 is 0. The van der Waals surface area contributed by atoms with Crippen LogP contribution in [0.4, 0.5) is 0 Å². The van der Waals surface area contributed by atoms with Crippen LogP contribution < -0.4 is 0 Å². The molecule has 0 aromatic heterocycles. The van der Waals surface area contributed by atoms with Gasteiger partial charge in [-0.05, 0) is 18.3 Å². The van der Waals surface area contributed by atoms with Crippen molar-refractivity contribution in [1.29, 1.82) is 0 Å². The maximum Gasteiger partial charge on any atom is -0.0324 e. The summed E-state index contributed by atoms with van der Waals surface area (Å²) in [5, 5.41) is 0. The van der Waals surface area contributed by atoms with E-state index in [-0.39, 0.29) is 0 Å². The summed E-state index contributed by atoms with van der Waals surface area (Å²) in [7, 11) is 0. The topological polar surface area (TPSA) is 0 Å². The van der Waals surface area contributed by atoms with Gasteiger partial charge in [-0.3, -0.25) is 0 Å². The van der Waals surface area contributed by atoms with Gasteiger partial charge in [-0.15, -0.1) is 0 Å². The Labute approximate surface area is 161 Å². The van der Waals surface area contributed by atoms with Crippen LogP contribution in [0.1, 0.15) is 143 Å². The summed E-state index contributed by atoms with van der Waals surface area (Å²) in [5.41, 5.74) is 0. The Bertz CT molecular complexity index is 232. The molecule has 151 valence electrons. The fourth-order valence-corrected chi connectivity index (χ4v) is 4.09. The Morgan fingerprint density at radius 2 is 0.800 bits per heavy atom. The molecule has 25 heavy (non-hydrogen) atoms. The zero-order valence-electron chi connectivity index (χ0n) is 18.5. The molecule has 0 spiro atoms. The van der Waals surface area contributed by atoms with Gasteiger partial charge in [0.2, 0.25) is 0 Å². The largest absolute Gasteiger partial charge is 0.0654 e. The Balaban J connectivity index is 4.11. The van der Waals surface area contributed by atoms with Gasteiger partial charge >= 0.3 is 0 Å². The van der Waals surface area contributed by atoms with Crippen LogP contribution in [0.25, 0.3) is 0 Å². The number of rotatable bonds is 20. The Morgan fingerprint density at radius 3 is 1.28 bits per heavy atom. The SMILES string of the molecule is CCCCCCCCC([CH]C(CCC)CCCCCCC)CCCC. The minimum absolute atomic E-state index is 0.897. The van der Waals surface area contributed by atoms with Crippen LogP contribution >= 0.6 is 0 Å². The first-order valence-corrected chi connectivity index (χ1v) is 12.1. The van der Waals surface area contributed by atoms with Crippen molar-refractivity contribution in [3.8, 4) is 0 Å². The van der Waals surface area contributed by atoms with Gasteiger partial charge in [-0.2, -0.15) is 0 Å². The first-order valence-electron chi connectivity index (χ1n) is 12.1. The molecule has 0 amide bonds. The van der Waals surface area contributed by atoms with E-state index >= 15 is 0 Å². The lowest BCUT2D eigenvalue weighted by Gasteiger charge is -2.23. The van der Waals surface area contributed by atoms with Crippen molar-refractivity contribution in [1.82, 2.24) is 0 Å². The minimum atomic E-state index is 0.897. The Hall–Kier alpha value is 0. The molecular weight excluding hydrogens is 300 g/mol. The number of hydrogen-bond acceptors (Lipinski definition) is 0. The third kappa shape index (κ3) is 17.2. The van der Waals surface area contributed by atoms with Crippen molar-refractivity contribution in [2.24, 2.45) is 11.8 Å². The molecule has 0 heteroatoms. The summed E-state index contributed by atoms with van der Waals surface area (Å²) in [6.45, 7) is 9.34. The van der Waals surface area contributed by atoms with E-state index in [1.165, 1.54) is 116 Å². The van der Waals surface area contributed by atoms with Crippen LogP contribution in [-0.4, -0.2) is 0 Å². The summed E-state index contributed by atoms with van der Waals surface area (Å²) >= 11 is 0. The zero-order chi connectivity index (χ0) is 18.6. The highest BCUT2D eigenvalue weighted by molar-refractivity contribution is 4.84. The molecule has 0 aromatic carbocycles. The van der Waals surface area contributed by atoms with E-state index in [0.717, 1.165) is 11.8 Å². The van der Waals surface area contributed by atoms with Gasteiger partial charge in [-0.1, -0.05) is 143 Å². The van der Waals surface area contributed by atoms with E-state index in [4.69, 9.17) is 0 Å². The second-order valence-corrected chi connectivity index (χ2v) is 8.40. The van der Waals surface area contributed by atoms with E-state index in [1.807, 2.05) is 0 Å². The standard InChI is InChI=1S/C25H51/c1-5-9-12-14-16-18-22-25(20-11-7-3)23-24(19-8-4)21-17-15-13-10-6-2/h23-25H,5-22H2,1-4H3. The van der Waals surface area contributed by atoms with Gasteiger partial charge < -0.3 is 0 Å². The fraction of sp³-hybridized carbons (Fsp3) is 0.960. The highest BCUT2D eigenvalue weighted by atomic mass is 14.2. The van der Waals surface area contributed by atoms with E-state index in [1.54, 1.807) is 0 Å². The monoisotopic (exact) mass is 351 g/mol. The summed E-state index contributed by atoms with van der Waals surface area (Å²) in [5.74, 6) is 1.80. The van der Waals surface area contributed by atoms with Crippen LogP contribution in [0.5, 0.6) is 0 Å². The van der Waals surface area contributed by atoms with Gasteiger partial charge in [0.05, 0.1) is 0 Å². The average Bonchev–Trinajstić information content (AvgIpc) is 2.62.